The number of carboxylic acids is 1. The molecule has 112 valence electrons. The van der Waals surface area contributed by atoms with Crippen molar-refractivity contribution < 1.29 is 22.8 Å². The van der Waals surface area contributed by atoms with E-state index in [0.717, 1.165) is 6.26 Å². The monoisotopic (exact) mass is 391 g/mol. The number of hydrogen-bond acceptors (Lipinski definition) is 6. The zero-order valence-corrected chi connectivity index (χ0v) is 14.2. The molecule has 1 heterocycles. The number of nitrogens with zero attached hydrogens (tertiary/aromatic N) is 1. The van der Waals surface area contributed by atoms with E-state index in [9.17, 15) is 13.2 Å². The average molecular weight is 392 g/mol. The van der Waals surface area contributed by atoms with Crippen LogP contribution in [0.3, 0.4) is 0 Å². The molecule has 0 radical (unpaired) electrons. The molecule has 2 rings (SSSR count). The van der Waals surface area contributed by atoms with E-state index in [1.54, 1.807) is 12.3 Å². The third kappa shape index (κ3) is 3.30. The lowest BCUT2D eigenvalue weighted by atomic mass is 10.1. The van der Waals surface area contributed by atoms with E-state index in [-0.39, 0.29) is 16.3 Å². The highest BCUT2D eigenvalue weighted by molar-refractivity contribution is 9.10. The summed E-state index contributed by atoms with van der Waals surface area (Å²) in [6.45, 7) is 0. The van der Waals surface area contributed by atoms with Crippen molar-refractivity contribution in [3.63, 3.8) is 0 Å². The molecule has 9 heteroatoms. The van der Waals surface area contributed by atoms with E-state index in [1.807, 2.05) is 0 Å². The Morgan fingerprint density at radius 2 is 2.05 bits per heavy atom. The van der Waals surface area contributed by atoms with Gasteiger partial charge >= 0.3 is 5.97 Å². The second-order valence-electron chi connectivity index (χ2n) is 4.14. The summed E-state index contributed by atoms with van der Waals surface area (Å²) in [5, 5.41) is 12.2. The Balaban J connectivity index is 2.65. The number of aromatic nitrogens is 1. The third-order valence-electron chi connectivity index (χ3n) is 2.63. The Bertz CT molecular complexity index is 813. The van der Waals surface area contributed by atoms with Crippen molar-refractivity contribution >= 4 is 43.5 Å². The minimum atomic E-state index is -3.44. The van der Waals surface area contributed by atoms with Gasteiger partial charge in [-0.05, 0) is 34.3 Å². The predicted octanol–water partition coefficient (Wildman–Crippen LogP) is 2.93. The molecule has 1 aromatic heterocycles. The molecule has 0 fully saturated rings. The van der Waals surface area contributed by atoms with E-state index < -0.39 is 15.8 Å². The predicted molar refractivity (Wildman–Crippen MR) is 81.5 cm³/mol. The molecular weight excluding hydrogens is 382 g/mol. The van der Waals surface area contributed by atoms with Crippen LogP contribution in [-0.2, 0) is 9.84 Å². The van der Waals surface area contributed by atoms with Crippen LogP contribution in [-0.4, -0.2) is 37.2 Å². The Kier molecular flexibility index (Phi) is 4.45. The summed E-state index contributed by atoms with van der Waals surface area (Å²) >= 11 is 4.62. The third-order valence-corrected chi connectivity index (χ3v) is 5.61. The SMILES string of the molecule is CSc1c(Br)cc(-c2cc(C(=O)O)no2)cc1S(C)(=O)=O. The van der Waals surface area contributed by atoms with Gasteiger partial charge in [-0.1, -0.05) is 5.16 Å². The molecule has 0 unspecified atom stereocenters. The fraction of sp³-hybridized carbons (Fsp3) is 0.167. The Hall–Kier alpha value is -1.32. The number of thioether (sulfide) groups is 1. The van der Waals surface area contributed by atoms with Crippen LogP contribution in [0.2, 0.25) is 0 Å². The number of hydrogen-bond donors (Lipinski definition) is 1. The van der Waals surface area contributed by atoms with Gasteiger partial charge in [0.2, 0.25) is 0 Å². The van der Waals surface area contributed by atoms with Crippen LogP contribution in [0, 0.1) is 0 Å². The molecule has 6 nitrogen and oxygen atoms in total. The van der Waals surface area contributed by atoms with Gasteiger partial charge in [0, 0.05) is 27.3 Å². The van der Waals surface area contributed by atoms with Gasteiger partial charge in [0.05, 0.1) is 4.90 Å². The molecule has 0 aliphatic heterocycles. The van der Waals surface area contributed by atoms with Crippen molar-refractivity contribution in [1.29, 1.82) is 0 Å². The summed E-state index contributed by atoms with van der Waals surface area (Å²) in [4.78, 5) is 11.5. The van der Waals surface area contributed by atoms with Crippen molar-refractivity contribution in [2.45, 2.75) is 9.79 Å². The molecule has 0 atom stereocenters. The maximum atomic E-state index is 11.9. The molecule has 0 bridgehead atoms. The normalized spacial score (nSPS) is 11.6. The largest absolute Gasteiger partial charge is 0.476 e. The van der Waals surface area contributed by atoms with E-state index in [1.165, 1.54) is 23.9 Å². The van der Waals surface area contributed by atoms with Gasteiger partial charge in [0.15, 0.2) is 21.3 Å². The Morgan fingerprint density at radius 3 is 2.52 bits per heavy atom. The fourth-order valence-electron chi connectivity index (χ4n) is 1.70. The molecule has 21 heavy (non-hydrogen) atoms. The van der Waals surface area contributed by atoms with Crippen molar-refractivity contribution in [3.05, 3.63) is 28.4 Å². The summed E-state index contributed by atoms with van der Waals surface area (Å²) < 4.78 is 29.3. The lowest BCUT2D eigenvalue weighted by molar-refractivity contribution is 0.0686. The molecular formula is C12H10BrNO5S2. The van der Waals surface area contributed by atoms with Gasteiger partial charge < -0.3 is 9.63 Å². The lowest BCUT2D eigenvalue weighted by Crippen LogP contribution is -2.00. The Labute approximate surface area is 133 Å². The van der Waals surface area contributed by atoms with E-state index >= 15 is 0 Å². The molecule has 0 amide bonds. The number of benzene rings is 1. The summed E-state index contributed by atoms with van der Waals surface area (Å²) in [6, 6.07) is 4.35. The molecule has 1 N–H and O–H groups in total. The van der Waals surface area contributed by atoms with Crippen LogP contribution in [0.25, 0.3) is 11.3 Å². The van der Waals surface area contributed by atoms with Crippen molar-refractivity contribution in [2.75, 3.05) is 12.5 Å². The van der Waals surface area contributed by atoms with Crippen LogP contribution >= 0.6 is 27.7 Å². The van der Waals surface area contributed by atoms with Gasteiger partial charge in [-0.2, -0.15) is 0 Å². The van der Waals surface area contributed by atoms with Crippen LogP contribution in [0.1, 0.15) is 10.5 Å². The van der Waals surface area contributed by atoms with E-state index in [4.69, 9.17) is 9.63 Å². The highest BCUT2D eigenvalue weighted by Gasteiger charge is 2.20. The van der Waals surface area contributed by atoms with Crippen LogP contribution in [0.4, 0.5) is 0 Å². The van der Waals surface area contributed by atoms with E-state index in [2.05, 4.69) is 21.1 Å². The average Bonchev–Trinajstić information content (AvgIpc) is 2.86. The van der Waals surface area contributed by atoms with Gasteiger partial charge in [-0.15, -0.1) is 11.8 Å². The van der Waals surface area contributed by atoms with Gasteiger partial charge in [-0.25, -0.2) is 13.2 Å². The zero-order chi connectivity index (χ0) is 15.8. The number of aromatic carboxylic acids is 1. The first-order valence-electron chi connectivity index (χ1n) is 5.52. The topological polar surface area (TPSA) is 97.5 Å². The van der Waals surface area contributed by atoms with Gasteiger partial charge in [0.1, 0.15) is 0 Å². The number of carbonyl (C=O) groups is 1. The van der Waals surface area contributed by atoms with Crippen LogP contribution in [0.5, 0.6) is 0 Å². The van der Waals surface area contributed by atoms with Crippen LogP contribution in [0.15, 0.2) is 37.0 Å². The van der Waals surface area contributed by atoms with Crippen molar-refractivity contribution in [3.8, 4) is 11.3 Å². The number of carboxylic acid groups (broad SMARTS) is 1. The fourth-order valence-corrected chi connectivity index (χ4v) is 4.78. The standard InChI is InChI=1S/C12H10BrNO5S2/c1-20-11-7(13)3-6(4-10(11)21(2,17)18)9-5-8(12(15)16)14-19-9/h3-5H,1-2H3,(H,15,16). The zero-order valence-electron chi connectivity index (χ0n) is 11.0. The first-order valence-corrected chi connectivity index (χ1v) is 9.43. The highest BCUT2D eigenvalue weighted by atomic mass is 79.9. The number of sulfone groups is 1. The molecule has 0 spiro atoms. The van der Waals surface area contributed by atoms with Crippen molar-refractivity contribution in [2.24, 2.45) is 0 Å². The molecule has 0 saturated heterocycles. The number of halogens is 1. The highest BCUT2D eigenvalue weighted by Crippen LogP contribution is 2.37. The van der Waals surface area contributed by atoms with Crippen molar-refractivity contribution in [1.82, 2.24) is 5.16 Å². The quantitative estimate of drug-likeness (QED) is 0.799. The smallest absolute Gasteiger partial charge is 0.358 e. The van der Waals surface area contributed by atoms with E-state index in [0.29, 0.717) is 14.9 Å². The van der Waals surface area contributed by atoms with Gasteiger partial charge in [0.25, 0.3) is 0 Å². The maximum Gasteiger partial charge on any atom is 0.358 e. The van der Waals surface area contributed by atoms with Crippen LogP contribution < -0.4 is 0 Å². The maximum absolute atomic E-state index is 11.9. The van der Waals surface area contributed by atoms with Gasteiger partial charge in [-0.3, -0.25) is 0 Å². The second kappa shape index (κ2) is 5.82. The molecule has 0 aliphatic carbocycles. The molecule has 1 aromatic carbocycles. The lowest BCUT2D eigenvalue weighted by Gasteiger charge is -2.09. The molecule has 0 saturated carbocycles. The second-order valence-corrected chi connectivity index (χ2v) is 7.80. The first-order chi connectivity index (χ1) is 9.74. The minimum absolute atomic E-state index is 0.146. The Morgan fingerprint density at radius 1 is 1.38 bits per heavy atom. The summed E-state index contributed by atoms with van der Waals surface area (Å²) in [5.74, 6) is -1.03. The summed E-state index contributed by atoms with van der Waals surface area (Å²) in [6.07, 6.45) is 2.88. The number of rotatable bonds is 4. The first kappa shape index (κ1) is 16.1. The molecule has 0 aliphatic rings. The summed E-state index contributed by atoms with van der Waals surface area (Å²) in [5.41, 5.74) is 0.191. The minimum Gasteiger partial charge on any atom is -0.476 e. The molecule has 2 aromatic rings. The summed E-state index contributed by atoms with van der Waals surface area (Å²) in [7, 11) is -3.44.